The zero-order valence-electron chi connectivity index (χ0n) is 20.4. The van der Waals surface area contributed by atoms with Gasteiger partial charge in [0.2, 0.25) is 5.13 Å². The summed E-state index contributed by atoms with van der Waals surface area (Å²) in [5.41, 5.74) is 2.98. The normalized spacial score (nSPS) is 17.3. The van der Waals surface area contributed by atoms with Crippen LogP contribution >= 0.6 is 11.3 Å². The van der Waals surface area contributed by atoms with Gasteiger partial charge in [0, 0.05) is 5.56 Å². The zero-order valence-corrected chi connectivity index (χ0v) is 21.2. The van der Waals surface area contributed by atoms with E-state index in [1.165, 1.54) is 16.2 Å². The van der Waals surface area contributed by atoms with Gasteiger partial charge < -0.3 is 9.84 Å². The number of aromatic nitrogens is 2. The molecule has 2 aromatic carbocycles. The molecule has 1 saturated heterocycles. The number of unbranched alkanes of at least 4 members (excludes halogenated alkanes) is 2. The van der Waals surface area contributed by atoms with Crippen LogP contribution in [0.5, 0.6) is 5.75 Å². The summed E-state index contributed by atoms with van der Waals surface area (Å²) in [5, 5.41) is 20.5. The summed E-state index contributed by atoms with van der Waals surface area (Å²) >= 11 is 1.22. The van der Waals surface area contributed by atoms with E-state index < -0.39 is 17.7 Å². The minimum atomic E-state index is -0.837. The van der Waals surface area contributed by atoms with Crippen molar-refractivity contribution in [3.63, 3.8) is 0 Å². The van der Waals surface area contributed by atoms with E-state index in [4.69, 9.17) is 4.74 Å². The lowest BCUT2D eigenvalue weighted by Crippen LogP contribution is -2.29. The van der Waals surface area contributed by atoms with Gasteiger partial charge >= 0.3 is 5.91 Å². The number of benzene rings is 2. The fourth-order valence-electron chi connectivity index (χ4n) is 4.15. The summed E-state index contributed by atoms with van der Waals surface area (Å²) in [6.07, 6.45) is 3.20. The Hall–Kier alpha value is -3.52. The lowest BCUT2D eigenvalue weighted by atomic mass is 9.93. The molecule has 0 bridgehead atoms. The Bertz CT molecular complexity index is 1280. The number of hydrogen-bond acceptors (Lipinski definition) is 7. The van der Waals surface area contributed by atoms with Crippen molar-refractivity contribution in [3.05, 3.63) is 75.3 Å². The topological polar surface area (TPSA) is 92.6 Å². The van der Waals surface area contributed by atoms with Crippen molar-refractivity contribution < 1.29 is 19.4 Å². The Morgan fingerprint density at radius 2 is 1.80 bits per heavy atom. The van der Waals surface area contributed by atoms with Gasteiger partial charge in [0.05, 0.1) is 18.2 Å². The molecule has 0 radical (unpaired) electrons. The first kappa shape index (κ1) is 24.6. The number of rotatable bonds is 8. The lowest BCUT2D eigenvalue weighted by molar-refractivity contribution is -0.132. The number of aliphatic hydroxyl groups is 1. The predicted molar refractivity (Wildman–Crippen MR) is 137 cm³/mol. The largest absolute Gasteiger partial charge is 0.507 e. The van der Waals surface area contributed by atoms with E-state index in [2.05, 4.69) is 17.1 Å². The van der Waals surface area contributed by atoms with Gasteiger partial charge in [-0.3, -0.25) is 14.5 Å². The average molecular weight is 492 g/mol. The van der Waals surface area contributed by atoms with Gasteiger partial charge in [-0.2, -0.15) is 0 Å². The van der Waals surface area contributed by atoms with Crippen molar-refractivity contribution in [1.29, 1.82) is 0 Å². The Morgan fingerprint density at radius 1 is 1.06 bits per heavy atom. The highest BCUT2D eigenvalue weighted by molar-refractivity contribution is 7.15. The molecule has 1 aliphatic rings. The number of anilines is 1. The standard InChI is InChI=1S/C27H29N3O4S/c1-5-6-7-14-34-20-12-10-19(11-13-20)23-22(24(31)21-15-16(2)8-9-17(21)3)25(32)26(33)30(23)27-29-28-18(4)35-27/h8-13,15,23,31H,5-7,14H2,1-4H3/b24-22+. The molecular weight excluding hydrogens is 462 g/mol. The van der Waals surface area contributed by atoms with Crippen molar-refractivity contribution >= 4 is 33.9 Å². The summed E-state index contributed by atoms with van der Waals surface area (Å²) < 4.78 is 5.83. The number of ketones is 1. The number of aryl methyl sites for hydroxylation is 3. The second-order valence-electron chi connectivity index (χ2n) is 8.72. The molecule has 2 heterocycles. The van der Waals surface area contributed by atoms with Crippen LogP contribution in [-0.4, -0.2) is 33.6 Å². The first-order valence-corrected chi connectivity index (χ1v) is 12.5. The first-order valence-electron chi connectivity index (χ1n) is 11.7. The van der Waals surface area contributed by atoms with Crippen LogP contribution in [0.3, 0.4) is 0 Å². The molecule has 182 valence electrons. The Kier molecular flexibility index (Phi) is 7.31. The predicted octanol–water partition coefficient (Wildman–Crippen LogP) is 5.66. The Balaban J connectivity index is 1.80. The Labute approximate surface area is 209 Å². The van der Waals surface area contributed by atoms with Crippen LogP contribution in [0.25, 0.3) is 5.76 Å². The molecule has 7 nitrogen and oxygen atoms in total. The fraction of sp³-hybridized carbons (Fsp3) is 0.333. The quantitative estimate of drug-likeness (QED) is 0.189. The molecule has 1 aliphatic heterocycles. The molecule has 1 unspecified atom stereocenters. The number of Topliss-reactive ketones (excluding diaryl/α,β-unsaturated/α-hetero) is 1. The van der Waals surface area contributed by atoms with Crippen molar-refractivity contribution in [1.82, 2.24) is 10.2 Å². The highest BCUT2D eigenvalue weighted by Gasteiger charge is 2.48. The van der Waals surface area contributed by atoms with Crippen LogP contribution in [0, 0.1) is 20.8 Å². The summed E-state index contributed by atoms with van der Waals surface area (Å²) in [6, 6.07) is 12.1. The van der Waals surface area contributed by atoms with E-state index in [1.807, 2.05) is 56.3 Å². The van der Waals surface area contributed by atoms with Gasteiger partial charge in [0.15, 0.2) is 0 Å². The van der Waals surface area contributed by atoms with E-state index in [0.29, 0.717) is 33.6 Å². The third kappa shape index (κ3) is 4.98. The fourth-order valence-corrected chi connectivity index (χ4v) is 4.87. The maximum Gasteiger partial charge on any atom is 0.301 e. The number of hydrogen-bond donors (Lipinski definition) is 1. The van der Waals surface area contributed by atoms with Crippen molar-refractivity contribution in [2.24, 2.45) is 0 Å². The molecule has 0 saturated carbocycles. The van der Waals surface area contributed by atoms with Crippen LogP contribution in [-0.2, 0) is 9.59 Å². The monoisotopic (exact) mass is 491 g/mol. The smallest absolute Gasteiger partial charge is 0.301 e. The van der Waals surface area contributed by atoms with Crippen LogP contribution in [0.1, 0.15) is 59.5 Å². The molecule has 1 atom stereocenters. The minimum absolute atomic E-state index is 0.0353. The van der Waals surface area contributed by atoms with Gasteiger partial charge in [-0.05, 0) is 56.5 Å². The molecule has 1 fully saturated rings. The van der Waals surface area contributed by atoms with E-state index in [0.717, 1.165) is 30.4 Å². The van der Waals surface area contributed by atoms with Crippen LogP contribution < -0.4 is 9.64 Å². The van der Waals surface area contributed by atoms with Gasteiger partial charge in [-0.25, -0.2) is 0 Å². The van der Waals surface area contributed by atoms with Gasteiger partial charge in [0.1, 0.15) is 16.5 Å². The molecule has 1 aromatic heterocycles. The second-order valence-corrected chi connectivity index (χ2v) is 9.88. The van der Waals surface area contributed by atoms with E-state index in [9.17, 15) is 14.7 Å². The SMILES string of the molecule is CCCCCOc1ccc(C2/C(=C(\O)c3cc(C)ccc3C)C(=O)C(=O)N2c2nnc(C)s2)cc1. The second kappa shape index (κ2) is 10.4. The molecule has 0 spiro atoms. The van der Waals surface area contributed by atoms with Crippen LogP contribution in [0.4, 0.5) is 5.13 Å². The molecule has 4 rings (SSSR count). The number of carbonyl (C=O) groups is 2. The third-order valence-corrected chi connectivity index (χ3v) is 6.86. The van der Waals surface area contributed by atoms with E-state index in [-0.39, 0.29) is 11.3 Å². The van der Waals surface area contributed by atoms with Gasteiger partial charge in [0.25, 0.3) is 5.78 Å². The van der Waals surface area contributed by atoms with Gasteiger partial charge in [-0.15, -0.1) is 10.2 Å². The molecule has 1 N–H and O–H groups in total. The van der Waals surface area contributed by atoms with Crippen molar-refractivity contribution in [2.75, 3.05) is 11.5 Å². The molecule has 3 aromatic rings. The van der Waals surface area contributed by atoms with Crippen molar-refractivity contribution in [2.45, 2.75) is 53.0 Å². The first-order chi connectivity index (χ1) is 16.8. The summed E-state index contributed by atoms with van der Waals surface area (Å²) in [7, 11) is 0. The average Bonchev–Trinajstić information content (AvgIpc) is 3.38. The van der Waals surface area contributed by atoms with E-state index in [1.54, 1.807) is 6.92 Å². The van der Waals surface area contributed by atoms with E-state index >= 15 is 0 Å². The molecule has 8 heteroatoms. The number of ether oxygens (including phenoxy) is 1. The summed E-state index contributed by atoms with van der Waals surface area (Å²) in [5.74, 6) is -0.972. The highest BCUT2D eigenvalue weighted by Crippen LogP contribution is 2.43. The lowest BCUT2D eigenvalue weighted by Gasteiger charge is -2.23. The number of amides is 1. The maximum absolute atomic E-state index is 13.3. The highest BCUT2D eigenvalue weighted by atomic mass is 32.1. The molecule has 0 aliphatic carbocycles. The maximum atomic E-state index is 13.3. The number of aliphatic hydroxyl groups excluding tert-OH is 1. The number of carbonyl (C=O) groups excluding carboxylic acids is 2. The third-order valence-electron chi connectivity index (χ3n) is 6.03. The minimum Gasteiger partial charge on any atom is -0.507 e. The Morgan fingerprint density at radius 3 is 2.46 bits per heavy atom. The molecular formula is C27H29N3O4S. The summed E-state index contributed by atoms with van der Waals surface area (Å²) in [6.45, 7) is 8.33. The van der Waals surface area contributed by atoms with Crippen LogP contribution in [0.15, 0.2) is 48.0 Å². The molecule has 35 heavy (non-hydrogen) atoms. The number of nitrogens with zero attached hydrogens (tertiary/aromatic N) is 3. The van der Waals surface area contributed by atoms with Crippen molar-refractivity contribution in [3.8, 4) is 5.75 Å². The van der Waals surface area contributed by atoms with Gasteiger partial charge in [-0.1, -0.05) is 60.9 Å². The molecule has 1 amide bonds. The zero-order chi connectivity index (χ0) is 25.1. The van der Waals surface area contributed by atoms with Crippen LogP contribution in [0.2, 0.25) is 0 Å². The summed E-state index contributed by atoms with van der Waals surface area (Å²) in [4.78, 5) is 27.8.